The third kappa shape index (κ3) is 58.1. The van der Waals surface area contributed by atoms with E-state index in [2.05, 4.69) is 27.0 Å². The van der Waals surface area contributed by atoms with Crippen molar-refractivity contribution in [3.63, 3.8) is 0 Å². The minimum absolute atomic E-state index is 0. The first-order chi connectivity index (χ1) is 20.5. The van der Waals surface area contributed by atoms with E-state index in [9.17, 15) is 19.8 Å². The summed E-state index contributed by atoms with van der Waals surface area (Å²) >= 11 is 0. The molecule has 0 aromatic rings. The SMILES string of the molecule is C=C.CCCCCCCCCCCCCCCCCC(=O)[O-].CCCCCCCCCCCCCCCCCC(=O)[O-].[Ca+2]. The maximum atomic E-state index is 10.2. The van der Waals surface area contributed by atoms with Gasteiger partial charge in [-0.15, -0.1) is 13.2 Å². The van der Waals surface area contributed by atoms with Crippen molar-refractivity contribution in [3.8, 4) is 0 Å². The summed E-state index contributed by atoms with van der Waals surface area (Å²) in [5, 5.41) is 20.4. The van der Waals surface area contributed by atoms with Crippen molar-refractivity contribution in [2.75, 3.05) is 0 Å². The number of carboxylic acid groups (broad SMARTS) is 2. The van der Waals surface area contributed by atoms with Gasteiger partial charge in [0.25, 0.3) is 0 Å². The van der Waals surface area contributed by atoms with Crippen LogP contribution in [0.3, 0.4) is 0 Å². The molecule has 0 saturated heterocycles. The molecular formula is C38H74CaO4. The average molecular weight is 635 g/mol. The minimum atomic E-state index is -0.903. The molecule has 0 amide bonds. The molecule has 0 radical (unpaired) electrons. The predicted octanol–water partition coefficient (Wildman–Crippen LogP) is 10.4. The van der Waals surface area contributed by atoms with E-state index in [-0.39, 0.29) is 50.6 Å². The fourth-order valence-electron chi connectivity index (χ4n) is 5.28. The van der Waals surface area contributed by atoms with Crippen molar-refractivity contribution in [2.24, 2.45) is 0 Å². The number of carbonyl (C=O) groups excluding carboxylic acids is 2. The molecule has 0 aromatic heterocycles. The van der Waals surface area contributed by atoms with Crippen LogP contribution < -0.4 is 10.2 Å². The van der Waals surface area contributed by atoms with Gasteiger partial charge >= 0.3 is 37.7 Å². The smallest absolute Gasteiger partial charge is 0.550 e. The molecule has 0 rings (SSSR count). The first-order valence-corrected chi connectivity index (χ1v) is 18.4. The van der Waals surface area contributed by atoms with Gasteiger partial charge in [-0.1, -0.05) is 194 Å². The van der Waals surface area contributed by atoms with Gasteiger partial charge < -0.3 is 19.8 Å². The topological polar surface area (TPSA) is 80.3 Å². The minimum Gasteiger partial charge on any atom is -0.550 e. The van der Waals surface area contributed by atoms with Crippen LogP contribution in [-0.4, -0.2) is 49.7 Å². The van der Waals surface area contributed by atoms with Crippen LogP contribution in [-0.2, 0) is 9.59 Å². The van der Waals surface area contributed by atoms with Crippen molar-refractivity contribution < 1.29 is 19.8 Å². The van der Waals surface area contributed by atoms with Crippen LogP contribution in [0.15, 0.2) is 13.2 Å². The second kappa shape index (κ2) is 48.8. The van der Waals surface area contributed by atoms with Gasteiger partial charge in [0.05, 0.1) is 0 Å². The number of hydrogen-bond acceptors (Lipinski definition) is 4. The summed E-state index contributed by atoms with van der Waals surface area (Å²) in [6, 6.07) is 0. The number of hydrogen-bond donors (Lipinski definition) is 0. The third-order valence-corrected chi connectivity index (χ3v) is 7.97. The van der Waals surface area contributed by atoms with E-state index in [0.717, 1.165) is 25.7 Å². The van der Waals surface area contributed by atoms with Gasteiger partial charge in [0.15, 0.2) is 0 Å². The van der Waals surface area contributed by atoms with Crippen LogP contribution in [0.1, 0.15) is 219 Å². The zero-order valence-corrected chi connectivity index (χ0v) is 31.6. The summed E-state index contributed by atoms with van der Waals surface area (Å²) in [5.74, 6) is -1.81. The van der Waals surface area contributed by atoms with E-state index in [0.29, 0.717) is 0 Å². The third-order valence-electron chi connectivity index (χ3n) is 7.97. The fourth-order valence-corrected chi connectivity index (χ4v) is 5.28. The summed E-state index contributed by atoms with van der Waals surface area (Å²) < 4.78 is 0. The summed E-state index contributed by atoms with van der Waals surface area (Å²) in [6.45, 7) is 10.5. The van der Waals surface area contributed by atoms with E-state index >= 15 is 0 Å². The zero-order valence-electron chi connectivity index (χ0n) is 29.4. The normalized spacial score (nSPS) is 10.2. The molecule has 0 aliphatic carbocycles. The summed E-state index contributed by atoms with van der Waals surface area (Å²) in [7, 11) is 0. The molecule has 0 unspecified atom stereocenters. The maximum absolute atomic E-state index is 10.2. The Morgan fingerprint density at radius 2 is 0.488 bits per heavy atom. The molecule has 4 nitrogen and oxygen atoms in total. The van der Waals surface area contributed by atoms with Gasteiger partial charge in [-0.05, 0) is 25.7 Å². The Bertz CT molecular complexity index is 468. The fraction of sp³-hybridized carbons (Fsp3) is 0.895. The molecule has 5 heteroatoms. The Hall–Kier alpha value is -0.0603. The van der Waals surface area contributed by atoms with Gasteiger partial charge in [-0.3, -0.25) is 0 Å². The maximum Gasteiger partial charge on any atom is 2.00 e. The van der Waals surface area contributed by atoms with Crippen LogP contribution in [0.5, 0.6) is 0 Å². The van der Waals surface area contributed by atoms with Crippen LogP contribution in [0, 0.1) is 0 Å². The van der Waals surface area contributed by atoms with Crippen molar-refractivity contribution in [2.45, 2.75) is 219 Å². The molecule has 0 spiro atoms. The van der Waals surface area contributed by atoms with E-state index in [1.54, 1.807) is 0 Å². The van der Waals surface area contributed by atoms with Crippen molar-refractivity contribution in [1.29, 1.82) is 0 Å². The molecular weight excluding hydrogens is 560 g/mol. The van der Waals surface area contributed by atoms with E-state index in [1.165, 1.54) is 167 Å². The Morgan fingerprint density at radius 1 is 0.349 bits per heavy atom. The molecule has 0 aliphatic rings. The molecule has 0 fully saturated rings. The Morgan fingerprint density at radius 3 is 0.628 bits per heavy atom. The van der Waals surface area contributed by atoms with Crippen molar-refractivity contribution in [1.82, 2.24) is 0 Å². The first-order valence-electron chi connectivity index (χ1n) is 18.4. The van der Waals surface area contributed by atoms with E-state index in [1.807, 2.05) is 0 Å². The molecule has 0 aliphatic heterocycles. The van der Waals surface area contributed by atoms with Crippen molar-refractivity contribution in [3.05, 3.63) is 13.2 Å². The van der Waals surface area contributed by atoms with Crippen molar-refractivity contribution >= 4 is 49.7 Å². The van der Waals surface area contributed by atoms with Gasteiger partial charge in [-0.25, -0.2) is 0 Å². The Labute approximate surface area is 300 Å². The standard InChI is InChI=1S/2C18H36O2.C2H4.Ca/c2*1-2-3-4-5-6-7-8-9-10-11-12-13-14-15-16-17-18(19)20;1-2;/h2*2-17H2,1H3,(H,19,20);1-2H2;/q;;;+2/p-2. The molecule has 0 saturated carbocycles. The molecule has 0 bridgehead atoms. The monoisotopic (exact) mass is 635 g/mol. The van der Waals surface area contributed by atoms with Gasteiger partial charge in [0.1, 0.15) is 0 Å². The predicted molar refractivity (Wildman–Crippen MR) is 186 cm³/mol. The quantitative estimate of drug-likeness (QED) is 0.0419. The Balaban J connectivity index is -0.000000327. The largest absolute Gasteiger partial charge is 2.00 e. The second-order valence-electron chi connectivity index (χ2n) is 12.1. The van der Waals surface area contributed by atoms with Crippen LogP contribution in [0.25, 0.3) is 0 Å². The van der Waals surface area contributed by atoms with Crippen LogP contribution in [0.4, 0.5) is 0 Å². The number of carbonyl (C=O) groups is 2. The number of unbranched alkanes of at least 4 members (excludes halogenated alkanes) is 28. The number of rotatable bonds is 32. The summed E-state index contributed by atoms with van der Waals surface area (Å²) in [5.41, 5.74) is 0. The first kappa shape index (κ1) is 49.8. The molecule has 0 atom stereocenters. The zero-order chi connectivity index (χ0) is 31.8. The van der Waals surface area contributed by atoms with Gasteiger partial charge in [0.2, 0.25) is 0 Å². The molecule has 0 heterocycles. The molecule has 43 heavy (non-hydrogen) atoms. The molecule has 0 aromatic carbocycles. The van der Waals surface area contributed by atoms with Crippen LogP contribution in [0.2, 0.25) is 0 Å². The van der Waals surface area contributed by atoms with E-state index < -0.39 is 11.9 Å². The summed E-state index contributed by atoms with van der Waals surface area (Å²) in [6.07, 6.45) is 39.7. The van der Waals surface area contributed by atoms with E-state index in [4.69, 9.17) is 0 Å². The average Bonchev–Trinajstić information content (AvgIpc) is 2.98. The van der Waals surface area contributed by atoms with Gasteiger partial charge in [0, 0.05) is 11.9 Å². The number of carboxylic acids is 2. The molecule has 252 valence electrons. The van der Waals surface area contributed by atoms with Crippen LogP contribution >= 0.6 is 0 Å². The second-order valence-corrected chi connectivity index (χ2v) is 12.1. The number of aliphatic carboxylic acids is 2. The molecule has 0 N–H and O–H groups in total. The Kier molecular flexibility index (Phi) is 56.6. The van der Waals surface area contributed by atoms with Gasteiger partial charge in [-0.2, -0.15) is 0 Å². The summed E-state index contributed by atoms with van der Waals surface area (Å²) in [4.78, 5) is 20.4.